The lowest BCUT2D eigenvalue weighted by atomic mass is 10.2. The molecule has 1 aromatic rings. The van der Waals surface area contributed by atoms with Gasteiger partial charge in [-0.05, 0) is 26.0 Å². The number of ether oxygens (including phenoxy) is 1. The Morgan fingerprint density at radius 1 is 1.33 bits per heavy atom. The zero-order valence-electron chi connectivity index (χ0n) is 10.9. The minimum atomic E-state index is -0.542. The molecule has 1 heterocycles. The second kappa shape index (κ2) is 5.56. The van der Waals surface area contributed by atoms with Gasteiger partial charge in [-0.1, -0.05) is 5.10 Å². The van der Waals surface area contributed by atoms with E-state index in [2.05, 4.69) is 20.7 Å². The van der Waals surface area contributed by atoms with E-state index >= 15 is 0 Å². The molecular weight excluding hydrogens is 238 g/mol. The lowest BCUT2D eigenvalue weighted by molar-refractivity contribution is -0.155. The normalized spacial score (nSPS) is 11.1. The molecule has 0 radical (unpaired) electrons. The van der Waals surface area contributed by atoms with E-state index in [1.165, 1.54) is 4.80 Å². The first-order valence-corrected chi connectivity index (χ1v) is 5.52. The quantitative estimate of drug-likeness (QED) is 0.775. The summed E-state index contributed by atoms with van der Waals surface area (Å²) in [4.78, 5) is 24.1. The Bertz CT molecular complexity index is 435. The second-order valence-electron chi connectivity index (χ2n) is 4.74. The summed E-state index contributed by atoms with van der Waals surface area (Å²) in [6.45, 7) is 5.32. The summed E-state index contributed by atoms with van der Waals surface area (Å²) in [6, 6.07) is 0. The lowest BCUT2D eigenvalue weighted by Gasteiger charge is -2.19. The molecule has 0 aliphatic carbocycles. The number of nitrogens with one attached hydrogen (secondary N) is 1. The lowest BCUT2D eigenvalue weighted by Crippen LogP contribution is -2.24. The molecule has 0 saturated carbocycles. The molecule has 1 rings (SSSR count). The molecule has 0 atom stereocenters. The second-order valence-corrected chi connectivity index (χ2v) is 4.74. The van der Waals surface area contributed by atoms with Crippen LogP contribution in [-0.4, -0.2) is 37.7 Å². The predicted octanol–water partition coefficient (Wildman–Crippen LogP) is 0.270. The van der Waals surface area contributed by atoms with E-state index in [1.807, 2.05) is 0 Å². The maximum Gasteiger partial charge on any atom is 0.306 e. The molecule has 1 aromatic heterocycles. The smallest absolute Gasteiger partial charge is 0.306 e. The number of nitrogens with zero attached hydrogens (tertiary/aromatic N) is 4. The van der Waals surface area contributed by atoms with Gasteiger partial charge in [-0.15, -0.1) is 5.10 Å². The fourth-order valence-electron chi connectivity index (χ4n) is 1.13. The van der Waals surface area contributed by atoms with E-state index in [0.717, 1.165) is 0 Å². The van der Waals surface area contributed by atoms with Crippen LogP contribution >= 0.6 is 0 Å². The zero-order chi connectivity index (χ0) is 13.8. The maximum atomic E-state index is 11.5. The van der Waals surface area contributed by atoms with Crippen molar-refractivity contribution in [2.75, 3.05) is 5.32 Å². The van der Waals surface area contributed by atoms with Gasteiger partial charge in [0.1, 0.15) is 5.60 Å². The van der Waals surface area contributed by atoms with E-state index in [-0.39, 0.29) is 24.7 Å². The number of amides is 1. The van der Waals surface area contributed by atoms with E-state index in [1.54, 1.807) is 27.8 Å². The highest BCUT2D eigenvalue weighted by molar-refractivity contribution is 5.90. The third-order valence-electron chi connectivity index (χ3n) is 1.74. The van der Waals surface area contributed by atoms with Crippen LogP contribution in [0.2, 0.25) is 0 Å². The van der Waals surface area contributed by atoms with Crippen molar-refractivity contribution in [2.24, 2.45) is 7.05 Å². The standard InChI is InChI=1S/C10H17N5O3/c1-10(2,3)18-8(17)6-5-7(16)11-9-12-14-15(4)13-9/h5-6H2,1-4H3,(H,11,13,16). The topological polar surface area (TPSA) is 99.0 Å². The Labute approximate surface area is 105 Å². The summed E-state index contributed by atoms with van der Waals surface area (Å²) in [5.74, 6) is -0.648. The van der Waals surface area contributed by atoms with Crippen molar-refractivity contribution in [3.8, 4) is 0 Å². The summed E-state index contributed by atoms with van der Waals surface area (Å²) in [7, 11) is 1.59. The van der Waals surface area contributed by atoms with Gasteiger partial charge in [0.2, 0.25) is 5.91 Å². The summed E-state index contributed by atoms with van der Waals surface area (Å²) < 4.78 is 5.08. The number of carbonyl (C=O) groups is 2. The highest BCUT2D eigenvalue weighted by atomic mass is 16.6. The average Bonchev–Trinajstić information content (AvgIpc) is 2.58. The molecule has 0 bridgehead atoms. The van der Waals surface area contributed by atoms with Crippen LogP contribution in [0.3, 0.4) is 0 Å². The Kier molecular flexibility index (Phi) is 4.35. The molecule has 0 unspecified atom stereocenters. The molecule has 0 spiro atoms. The van der Waals surface area contributed by atoms with Crippen molar-refractivity contribution in [1.82, 2.24) is 20.2 Å². The van der Waals surface area contributed by atoms with Crippen LogP contribution in [0.4, 0.5) is 5.95 Å². The van der Waals surface area contributed by atoms with Crippen LogP contribution in [0.5, 0.6) is 0 Å². The number of carbonyl (C=O) groups excluding carboxylic acids is 2. The van der Waals surface area contributed by atoms with Gasteiger partial charge in [0.25, 0.3) is 5.95 Å². The monoisotopic (exact) mass is 255 g/mol. The molecule has 1 N–H and O–H groups in total. The molecule has 1 amide bonds. The van der Waals surface area contributed by atoms with Crippen molar-refractivity contribution in [2.45, 2.75) is 39.2 Å². The zero-order valence-corrected chi connectivity index (χ0v) is 10.9. The molecule has 0 aliphatic heterocycles. The van der Waals surface area contributed by atoms with Gasteiger partial charge in [0.05, 0.1) is 13.5 Å². The fraction of sp³-hybridized carbons (Fsp3) is 0.700. The number of aromatic nitrogens is 4. The van der Waals surface area contributed by atoms with E-state index in [4.69, 9.17) is 4.74 Å². The highest BCUT2D eigenvalue weighted by Crippen LogP contribution is 2.09. The van der Waals surface area contributed by atoms with Gasteiger partial charge < -0.3 is 4.74 Å². The van der Waals surface area contributed by atoms with Crippen LogP contribution < -0.4 is 5.32 Å². The minimum absolute atomic E-state index is 0.0172. The van der Waals surface area contributed by atoms with Gasteiger partial charge >= 0.3 is 5.97 Å². The third-order valence-corrected chi connectivity index (χ3v) is 1.74. The Hall–Kier alpha value is -1.99. The van der Waals surface area contributed by atoms with Gasteiger partial charge in [-0.3, -0.25) is 14.9 Å². The average molecular weight is 255 g/mol. The minimum Gasteiger partial charge on any atom is -0.460 e. The molecule has 18 heavy (non-hydrogen) atoms. The van der Waals surface area contributed by atoms with E-state index in [0.29, 0.717) is 0 Å². The van der Waals surface area contributed by atoms with Crippen LogP contribution in [-0.2, 0) is 21.4 Å². The van der Waals surface area contributed by atoms with Crippen LogP contribution in [0.1, 0.15) is 33.6 Å². The molecule has 0 saturated heterocycles. The van der Waals surface area contributed by atoms with Crippen LogP contribution in [0.15, 0.2) is 0 Å². The number of anilines is 1. The Balaban J connectivity index is 2.31. The SMILES string of the molecule is Cn1nnc(NC(=O)CCC(=O)OC(C)(C)C)n1. The maximum absolute atomic E-state index is 11.5. The largest absolute Gasteiger partial charge is 0.460 e. The van der Waals surface area contributed by atoms with Crippen LogP contribution in [0.25, 0.3) is 0 Å². The molecule has 8 heteroatoms. The van der Waals surface area contributed by atoms with Gasteiger partial charge in [-0.2, -0.15) is 4.80 Å². The van der Waals surface area contributed by atoms with Gasteiger partial charge in [-0.25, -0.2) is 0 Å². The predicted molar refractivity (Wildman–Crippen MR) is 62.5 cm³/mol. The summed E-state index contributed by atoms with van der Waals surface area (Å²) >= 11 is 0. The Morgan fingerprint density at radius 3 is 2.50 bits per heavy atom. The van der Waals surface area contributed by atoms with Gasteiger partial charge in [0, 0.05) is 6.42 Å². The van der Waals surface area contributed by atoms with E-state index in [9.17, 15) is 9.59 Å². The number of hydrogen-bond donors (Lipinski definition) is 1. The first-order valence-electron chi connectivity index (χ1n) is 5.52. The molecule has 8 nitrogen and oxygen atoms in total. The molecule has 100 valence electrons. The molecular formula is C10H17N5O3. The third kappa shape index (κ3) is 5.37. The van der Waals surface area contributed by atoms with E-state index < -0.39 is 11.6 Å². The summed E-state index contributed by atoms with van der Waals surface area (Å²) in [5.41, 5.74) is -0.542. The highest BCUT2D eigenvalue weighted by Gasteiger charge is 2.17. The van der Waals surface area contributed by atoms with Crippen molar-refractivity contribution in [3.63, 3.8) is 0 Å². The fourth-order valence-corrected chi connectivity index (χ4v) is 1.13. The summed E-state index contributed by atoms with van der Waals surface area (Å²) in [6.07, 6.45) is 0.0382. The molecule has 0 aliphatic rings. The Morgan fingerprint density at radius 2 is 2.00 bits per heavy atom. The van der Waals surface area contributed by atoms with Gasteiger partial charge in [0.15, 0.2) is 0 Å². The van der Waals surface area contributed by atoms with Crippen molar-refractivity contribution in [3.05, 3.63) is 0 Å². The first-order chi connectivity index (χ1) is 8.26. The van der Waals surface area contributed by atoms with Crippen molar-refractivity contribution in [1.29, 1.82) is 0 Å². The number of rotatable bonds is 4. The molecule has 0 fully saturated rings. The van der Waals surface area contributed by atoms with Crippen molar-refractivity contribution < 1.29 is 14.3 Å². The number of tetrazole rings is 1. The number of esters is 1. The number of aryl methyl sites for hydroxylation is 1. The first kappa shape index (κ1) is 14.1. The summed E-state index contributed by atoms with van der Waals surface area (Å²) in [5, 5.41) is 13.4. The van der Waals surface area contributed by atoms with Crippen LogP contribution in [0, 0.1) is 0 Å². The van der Waals surface area contributed by atoms with Crippen molar-refractivity contribution >= 4 is 17.8 Å². The number of hydrogen-bond acceptors (Lipinski definition) is 6. The molecule has 0 aromatic carbocycles.